The van der Waals surface area contributed by atoms with E-state index >= 15 is 0 Å². The second-order valence-corrected chi connectivity index (χ2v) is 6.54. The molecule has 1 aromatic heterocycles. The van der Waals surface area contributed by atoms with Gasteiger partial charge in [-0.15, -0.1) is 11.3 Å². The first-order chi connectivity index (χ1) is 11.6. The van der Waals surface area contributed by atoms with Crippen LogP contribution < -0.4 is 0 Å². The largest absolute Gasteiger partial charge is 0.288 e. The van der Waals surface area contributed by atoms with E-state index in [0.29, 0.717) is 10.6 Å². The Morgan fingerprint density at radius 2 is 1.92 bits per heavy atom. The van der Waals surface area contributed by atoms with E-state index in [1.54, 1.807) is 13.0 Å². The molecular formula is C19H13ClFNOS. The Morgan fingerprint density at radius 3 is 2.62 bits per heavy atom. The Bertz CT molecular complexity index is 898. The van der Waals surface area contributed by atoms with Crippen molar-refractivity contribution in [3.63, 3.8) is 0 Å². The summed E-state index contributed by atoms with van der Waals surface area (Å²) in [4.78, 5) is 17.4. The number of thiazole rings is 1. The van der Waals surface area contributed by atoms with Crippen LogP contribution in [0, 0.1) is 12.7 Å². The molecule has 3 aromatic rings. The molecule has 0 aliphatic carbocycles. The Kier molecular flexibility index (Phi) is 4.88. The van der Waals surface area contributed by atoms with E-state index in [1.165, 1.54) is 35.6 Å². The Labute approximate surface area is 148 Å². The third-order valence-corrected chi connectivity index (χ3v) is 4.99. The van der Waals surface area contributed by atoms with Crippen LogP contribution in [0.5, 0.6) is 0 Å². The van der Waals surface area contributed by atoms with Gasteiger partial charge in [0.05, 0.1) is 15.6 Å². The predicted octanol–water partition coefficient (Wildman–Crippen LogP) is 5.81. The van der Waals surface area contributed by atoms with Crippen molar-refractivity contribution in [1.29, 1.82) is 0 Å². The summed E-state index contributed by atoms with van der Waals surface area (Å²) in [5.74, 6) is -0.677. The number of nitrogens with zero attached hydrogens (tertiary/aromatic N) is 1. The molecule has 24 heavy (non-hydrogen) atoms. The fourth-order valence-electron chi connectivity index (χ4n) is 2.23. The Morgan fingerprint density at radius 1 is 1.17 bits per heavy atom. The number of ketones is 1. The van der Waals surface area contributed by atoms with Gasteiger partial charge in [-0.2, -0.15) is 0 Å². The first-order valence-electron chi connectivity index (χ1n) is 7.25. The number of allylic oxidation sites excluding steroid dienone is 1. The van der Waals surface area contributed by atoms with E-state index in [-0.39, 0.29) is 16.4 Å². The van der Waals surface area contributed by atoms with Crippen molar-refractivity contribution in [2.45, 2.75) is 6.92 Å². The lowest BCUT2D eigenvalue weighted by atomic mass is 10.1. The van der Waals surface area contributed by atoms with Gasteiger partial charge < -0.3 is 0 Å². The lowest BCUT2D eigenvalue weighted by Crippen LogP contribution is -1.93. The molecule has 0 aliphatic rings. The van der Waals surface area contributed by atoms with Crippen LogP contribution in [-0.2, 0) is 0 Å². The maximum Gasteiger partial charge on any atom is 0.197 e. The van der Waals surface area contributed by atoms with Gasteiger partial charge in [0.25, 0.3) is 0 Å². The van der Waals surface area contributed by atoms with Crippen LogP contribution in [0.25, 0.3) is 16.6 Å². The van der Waals surface area contributed by atoms with E-state index < -0.39 is 5.82 Å². The number of carbonyl (C=O) groups excluding carboxylic acids is 1. The highest BCUT2D eigenvalue weighted by Gasteiger charge is 2.14. The summed E-state index contributed by atoms with van der Waals surface area (Å²) < 4.78 is 13.8. The van der Waals surface area contributed by atoms with Crippen LogP contribution in [0.3, 0.4) is 0 Å². The highest BCUT2D eigenvalue weighted by molar-refractivity contribution is 7.17. The monoisotopic (exact) mass is 357 g/mol. The summed E-state index contributed by atoms with van der Waals surface area (Å²) in [6.07, 6.45) is 2.74. The molecule has 0 saturated heterocycles. The van der Waals surface area contributed by atoms with Gasteiger partial charge in [-0.3, -0.25) is 4.79 Å². The second-order valence-electron chi connectivity index (χ2n) is 5.13. The molecule has 2 nitrogen and oxygen atoms in total. The van der Waals surface area contributed by atoms with Crippen molar-refractivity contribution in [3.8, 4) is 10.6 Å². The molecule has 1 heterocycles. The van der Waals surface area contributed by atoms with Gasteiger partial charge in [0, 0.05) is 11.1 Å². The van der Waals surface area contributed by atoms with Crippen LogP contribution >= 0.6 is 22.9 Å². The fourth-order valence-corrected chi connectivity index (χ4v) is 3.45. The van der Waals surface area contributed by atoms with Gasteiger partial charge in [0.1, 0.15) is 10.8 Å². The molecule has 2 aromatic carbocycles. The predicted molar refractivity (Wildman–Crippen MR) is 97.1 cm³/mol. The van der Waals surface area contributed by atoms with Crippen molar-refractivity contribution >= 4 is 34.8 Å². The number of benzene rings is 2. The molecule has 0 saturated carbocycles. The lowest BCUT2D eigenvalue weighted by Gasteiger charge is -1.99. The van der Waals surface area contributed by atoms with Gasteiger partial charge in [-0.05, 0) is 31.2 Å². The molecule has 0 radical (unpaired) electrons. The first kappa shape index (κ1) is 16.6. The minimum Gasteiger partial charge on any atom is -0.288 e. The molecular weight excluding hydrogens is 345 g/mol. The van der Waals surface area contributed by atoms with Crippen LogP contribution in [0.1, 0.15) is 20.9 Å². The molecule has 0 unspecified atom stereocenters. The molecule has 3 rings (SSSR count). The van der Waals surface area contributed by atoms with Crippen LogP contribution in [-0.4, -0.2) is 10.8 Å². The zero-order valence-electron chi connectivity index (χ0n) is 12.8. The number of carbonyl (C=O) groups is 1. The van der Waals surface area contributed by atoms with Crippen molar-refractivity contribution < 1.29 is 9.18 Å². The van der Waals surface area contributed by atoms with E-state index in [0.717, 1.165) is 10.6 Å². The summed E-state index contributed by atoms with van der Waals surface area (Å²) in [7, 11) is 0. The Hall–Kier alpha value is -2.30. The van der Waals surface area contributed by atoms with Crippen LogP contribution in [0.15, 0.2) is 54.6 Å². The number of aromatic nitrogens is 1. The molecule has 5 heteroatoms. The van der Waals surface area contributed by atoms with E-state index in [9.17, 15) is 9.18 Å². The van der Waals surface area contributed by atoms with Crippen molar-refractivity contribution in [2.75, 3.05) is 0 Å². The van der Waals surface area contributed by atoms with Crippen molar-refractivity contribution in [2.24, 2.45) is 0 Å². The minimum absolute atomic E-state index is 0.206. The van der Waals surface area contributed by atoms with Crippen molar-refractivity contribution in [3.05, 3.63) is 81.6 Å². The molecule has 0 N–H and O–H groups in total. The lowest BCUT2D eigenvalue weighted by molar-refractivity contribution is 0.105. The highest BCUT2D eigenvalue weighted by Crippen LogP contribution is 2.28. The topological polar surface area (TPSA) is 30.0 Å². The number of hydrogen-bond acceptors (Lipinski definition) is 3. The number of rotatable bonds is 4. The summed E-state index contributed by atoms with van der Waals surface area (Å²) in [5, 5.41) is 1.05. The van der Waals surface area contributed by atoms with Gasteiger partial charge >= 0.3 is 0 Å². The standard InChI is InChI=1S/C19H13ClFNOS/c1-12-18(24-19(22-12)13-6-3-2-4-7-13)17(23)11-10-14-15(20)8-5-9-16(14)21/h2-11H,1H3. The highest BCUT2D eigenvalue weighted by atomic mass is 35.5. The molecule has 0 amide bonds. The zero-order valence-corrected chi connectivity index (χ0v) is 14.4. The maximum absolute atomic E-state index is 13.8. The summed E-state index contributed by atoms with van der Waals surface area (Å²) in [6.45, 7) is 1.79. The van der Waals surface area contributed by atoms with Gasteiger partial charge in [-0.25, -0.2) is 9.37 Å². The third kappa shape index (κ3) is 3.45. The summed E-state index contributed by atoms with van der Waals surface area (Å²) in [6, 6.07) is 14.1. The fraction of sp³-hybridized carbons (Fsp3) is 0.0526. The van der Waals surface area contributed by atoms with Crippen molar-refractivity contribution in [1.82, 2.24) is 4.98 Å². The quantitative estimate of drug-likeness (QED) is 0.436. The van der Waals surface area contributed by atoms with Gasteiger partial charge in [0.2, 0.25) is 0 Å². The number of hydrogen-bond donors (Lipinski definition) is 0. The Balaban J connectivity index is 1.89. The van der Waals surface area contributed by atoms with E-state index in [4.69, 9.17) is 11.6 Å². The molecule has 0 atom stereocenters. The molecule has 0 aliphatic heterocycles. The smallest absolute Gasteiger partial charge is 0.197 e. The zero-order chi connectivity index (χ0) is 17.1. The minimum atomic E-state index is -0.461. The average molecular weight is 358 g/mol. The third-order valence-electron chi connectivity index (χ3n) is 3.44. The summed E-state index contributed by atoms with van der Waals surface area (Å²) in [5.41, 5.74) is 1.83. The SMILES string of the molecule is Cc1nc(-c2ccccc2)sc1C(=O)C=Cc1c(F)cccc1Cl. The summed E-state index contributed by atoms with van der Waals surface area (Å²) >= 11 is 7.29. The van der Waals surface area contributed by atoms with E-state index in [2.05, 4.69) is 4.98 Å². The number of aryl methyl sites for hydroxylation is 1. The molecule has 0 fully saturated rings. The van der Waals surface area contributed by atoms with Gasteiger partial charge in [-0.1, -0.05) is 48.0 Å². The second kappa shape index (κ2) is 7.07. The van der Waals surface area contributed by atoms with Crippen LogP contribution in [0.2, 0.25) is 5.02 Å². The number of halogens is 2. The maximum atomic E-state index is 13.8. The van der Waals surface area contributed by atoms with Gasteiger partial charge in [0.15, 0.2) is 5.78 Å². The first-order valence-corrected chi connectivity index (χ1v) is 8.45. The molecule has 0 bridgehead atoms. The van der Waals surface area contributed by atoms with Crippen LogP contribution in [0.4, 0.5) is 4.39 Å². The average Bonchev–Trinajstić information content (AvgIpc) is 2.97. The normalized spacial score (nSPS) is 11.1. The molecule has 0 spiro atoms. The van der Waals surface area contributed by atoms with E-state index in [1.807, 2.05) is 30.3 Å². The molecule has 120 valence electrons.